The van der Waals surface area contributed by atoms with E-state index in [4.69, 9.17) is 9.47 Å². The number of hydrogen-bond donors (Lipinski definition) is 1. The van der Waals surface area contributed by atoms with Crippen molar-refractivity contribution >= 4 is 0 Å². The van der Waals surface area contributed by atoms with Gasteiger partial charge in [0.25, 0.3) is 0 Å². The van der Waals surface area contributed by atoms with Crippen molar-refractivity contribution in [3.05, 3.63) is 89.2 Å². The van der Waals surface area contributed by atoms with Crippen molar-refractivity contribution < 1.29 is 19.0 Å². The summed E-state index contributed by atoms with van der Waals surface area (Å²) in [6.45, 7) is 4.46. The summed E-state index contributed by atoms with van der Waals surface area (Å²) in [5.74, 6) is 1.56. The number of ether oxygens (including phenoxy) is 2. The Hall–Kier alpha value is -3.05. The third-order valence-electron chi connectivity index (χ3n) is 6.57. The van der Waals surface area contributed by atoms with E-state index >= 15 is 0 Å². The van der Waals surface area contributed by atoms with Gasteiger partial charge in [-0.25, -0.2) is 4.39 Å². The molecule has 2 aliphatic rings. The molecular formula is C27H28FNO3. The number of halogens is 1. The molecule has 0 radical (unpaired) electrons. The highest BCUT2D eigenvalue weighted by Gasteiger charge is 2.33. The van der Waals surface area contributed by atoms with Crippen LogP contribution in [0.15, 0.2) is 66.7 Å². The largest absolute Gasteiger partial charge is 0.508 e. The van der Waals surface area contributed by atoms with Crippen LogP contribution in [0.1, 0.15) is 41.4 Å². The molecule has 1 N–H and O–H groups in total. The average molecular weight is 434 g/mol. The lowest BCUT2D eigenvalue weighted by Gasteiger charge is -2.34. The minimum Gasteiger partial charge on any atom is -0.508 e. The first-order valence-electron chi connectivity index (χ1n) is 11.3. The van der Waals surface area contributed by atoms with E-state index in [1.807, 2.05) is 30.3 Å². The predicted octanol–water partition coefficient (Wildman–Crippen LogP) is 5.31. The lowest BCUT2D eigenvalue weighted by molar-refractivity contribution is 0.237. The van der Waals surface area contributed by atoms with Gasteiger partial charge in [0.2, 0.25) is 0 Å². The van der Waals surface area contributed by atoms with Crippen LogP contribution in [0.2, 0.25) is 0 Å². The van der Waals surface area contributed by atoms with Crippen molar-refractivity contribution in [3.63, 3.8) is 0 Å². The van der Waals surface area contributed by atoms with Crippen LogP contribution in [0.25, 0.3) is 0 Å². The maximum absolute atomic E-state index is 13.5. The molecule has 0 bridgehead atoms. The van der Waals surface area contributed by atoms with E-state index in [0.29, 0.717) is 19.0 Å². The number of phenolic OH excluding ortho intramolecular Hbond substituents is 1. The van der Waals surface area contributed by atoms with E-state index in [-0.39, 0.29) is 23.4 Å². The molecule has 0 aliphatic carbocycles. The molecule has 0 spiro atoms. The second kappa shape index (κ2) is 9.21. The maximum Gasteiger partial charge on any atom is 0.126 e. The Bertz CT molecular complexity index is 1050. The normalized spacial score (nSPS) is 20.5. The highest BCUT2D eigenvalue weighted by atomic mass is 19.1. The molecule has 5 rings (SSSR count). The molecule has 4 nitrogen and oxygen atoms in total. The zero-order valence-corrected chi connectivity index (χ0v) is 18.0. The minimum atomic E-state index is -0.247. The highest BCUT2D eigenvalue weighted by Crippen LogP contribution is 2.47. The van der Waals surface area contributed by atoms with Gasteiger partial charge in [-0.15, -0.1) is 0 Å². The van der Waals surface area contributed by atoms with E-state index in [2.05, 4.69) is 17.0 Å². The summed E-state index contributed by atoms with van der Waals surface area (Å²) < 4.78 is 25.5. The summed E-state index contributed by atoms with van der Waals surface area (Å²) in [6.07, 6.45) is 2.57. The van der Waals surface area contributed by atoms with Gasteiger partial charge in [-0.1, -0.05) is 30.3 Å². The lowest BCUT2D eigenvalue weighted by atomic mass is 9.76. The van der Waals surface area contributed by atoms with Crippen LogP contribution in [0, 0.1) is 5.82 Å². The maximum atomic E-state index is 13.5. The molecule has 2 aliphatic heterocycles. The summed E-state index contributed by atoms with van der Waals surface area (Å²) >= 11 is 0. The summed E-state index contributed by atoms with van der Waals surface area (Å²) in [7, 11) is 0. The molecule has 166 valence electrons. The number of fused-ring (bicyclic) bond motifs is 1. The standard InChI is InChI=1S/C27H28FNO3/c28-21-7-3-19(4-8-21)25-18-32-26-17-22(30)9-12-24(26)27(25)20-5-10-23(11-6-20)31-16-15-29-13-1-2-14-29/h3-12,17,25,27,30H,1-2,13-16,18H2/t25-,27-/m1/s1. The quantitative estimate of drug-likeness (QED) is 0.572. The second-order valence-corrected chi connectivity index (χ2v) is 8.64. The molecule has 3 aromatic carbocycles. The molecule has 3 aromatic rings. The van der Waals surface area contributed by atoms with Crippen molar-refractivity contribution in [1.29, 1.82) is 0 Å². The Kier molecular flexibility index (Phi) is 5.99. The van der Waals surface area contributed by atoms with E-state index in [9.17, 15) is 9.50 Å². The van der Waals surface area contributed by atoms with Gasteiger partial charge in [0, 0.05) is 30.0 Å². The van der Waals surface area contributed by atoms with Crippen molar-refractivity contribution in [2.24, 2.45) is 0 Å². The predicted molar refractivity (Wildman–Crippen MR) is 122 cm³/mol. The van der Waals surface area contributed by atoms with Crippen molar-refractivity contribution in [3.8, 4) is 17.2 Å². The fraction of sp³-hybridized carbons (Fsp3) is 0.333. The Morgan fingerprint density at radius 3 is 2.41 bits per heavy atom. The van der Waals surface area contributed by atoms with Crippen LogP contribution in [0.3, 0.4) is 0 Å². The number of benzene rings is 3. The van der Waals surface area contributed by atoms with E-state index in [0.717, 1.165) is 29.0 Å². The topological polar surface area (TPSA) is 41.9 Å². The first-order chi connectivity index (χ1) is 15.7. The third kappa shape index (κ3) is 4.44. The number of hydrogen-bond acceptors (Lipinski definition) is 4. The van der Waals surface area contributed by atoms with Crippen LogP contribution in [-0.2, 0) is 0 Å². The zero-order chi connectivity index (χ0) is 21.9. The molecule has 1 saturated heterocycles. The molecule has 0 saturated carbocycles. The van der Waals surface area contributed by atoms with Crippen molar-refractivity contribution in [2.75, 3.05) is 32.8 Å². The van der Waals surface area contributed by atoms with Crippen LogP contribution < -0.4 is 9.47 Å². The monoisotopic (exact) mass is 433 g/mol. The highest BCUT2D eigenvalue weighted by molar-refractivity contribution is 5.50. The van der Waals surface area contributed by atoms with Crippen LogP contribution in [0.5, 0.6) is 17.2 Å². The zero-order valence-electron chi connectivity index (χ0n) is 18.0. The SMILES string of the molecule is Oc1ccc2c(c1)OC[C@H](c1ccc(F)cc1)[C@@H]2c1ccc(OCCN2CCCC2)cc1. The summed E-state index contributed by atoms with van der Waals surface area (Å²) in [5, 5.41) is 9.91. The van der Waals surface area contributed by atoms with Gasteiger partial charge in [-0.3, -0.25) is 4.90 Å². The van der Waals surface area contributed by atoms with Gasteiger partial charge in [0.1, 0.15) is 29.7 Å². The fourth-order valence-electron chi connectivity index (χ4n) is 4.88. The Morgan fingerprint density at radius 2 is 1.66 bits per heavy atom. The summed E-state index contributed by atoms with van der Waals surface area (Å²) in [4.78, 5) is 2.44. The Labute approximate surface area is 188 Å². The van der Waals surface area contributed by atoms with E-state index < -0.39 is 0 Å². The fourth-order valence-corrected chi connectivity index (χ4v) is 4.88. The molecule has 5 heteroatoms. The molecular weight excluding hydrogens is 405 g/mol. The van der Waals surface area contributed by atoms with Crippen molar-refractivity contribution in [2.45, 2.75) is 24.7 Å². The summed E-state index contributed by atoms with van der Waals surface area (Å²) in [5.41, 5.74) is 3.19. The Balaban J connectivity index is 1.39. The number of rotatable bonds is 6. The number of likely N-dealkylation sites (tertiary alicyclic amines) is 1. The third-order valence-corrected chi connectivity index (χ3v) is 6.57. The molecule has 0 aromatic heterocycles. The average Bonchev–Trinajstić information content (AvgIpc) is 3.33. The second-order valence-electron chi connectivity index (χ2n) is 8.64. The van der Waals surface area contributed by atoms with Gasteiger partial charge in [0.15, 0.2) is 0 Å². The van der Waals surface area contributed by atoms with E-state index in [1.54, 1.807) is 12.1 Å². The summed E-state index contributed by atoms with van der Waals surface area (Å²) in [6, 6.07) is 20.2. The number of phenols is 1. The molecule has 0 amide bonds. The molecule has 2 heterocycles. The smallest absolute Gasteiger partial charge is 0.126 e. The Morgan fingerprint density at radius 1 is 0.938 bits per heavy atom. The lowest BCUT2D eigenvalue weighted by Crippen LogP contribution is -2.25. The van der Waals surface area contributed by atoms with Crippen LogP contribution >= 0.6 is 0 Å². The van der Waals surface area contributed by atoms with E-state index in [1.165, 1.54) is 38.1 Å². The molecule has 1 fully saturated rings. The van der Waals surface area contributed by atoms with Crippen LogP contribution in [-0.4, -0.2) is 42.9 Å². The minimum absolute atomic E-state index is 0.0310. The van der Waals surface area contributed by atoms with Gasteiger partial charge in [-0.2, -0.15) is 0 Å². The number of nitrogens with zero attached hydrogens (tertiary/aromatic N) is 1. The van der Waals surface area contributed by atoms with Gasteiger partial charge in [0.05, 0.1) is 6.61 Å². The van der Waals surface area contributed by atoms with Gasteiger partial charge >= 0.3 is 0 Å². The number of aromatic hydroxyl groups is 1. The molecule has 0 unspecified atom stereocenters. The van der Waals surface area contributed by atoms with Crippen molar-refractivity contribution in [1.82, 2.24) is 4.90 Å². The van der Waals surface area contributed by atoms with Gasteiger partial charge < -0.3 is 14.6 Å². The van der Waals surface area contributed by atoms with Crippen LogP contribution in [0.4, 0.5) is 4.39 Å². The first kappa shape index (κ1) is 20.8. The molecule has 2 atom stereocenters. The first-order valence-corrected chi connectivity index (χ1v) is 11.3. The van der Waals surface area contributed by atoms with Gasteiger partial charge in [-0.05, 0) is 67.4 Å². The molecule has 32 heavy (non-hydrogen) atoms.